The molecule has 0 aliphatic carbocycles. The minimum absolute atomic E-state index is 0.450. The van der Waals surface area contributed by atoms with Gasteiger partial charge in [0.2, 0.25) is 0 Å². The number of rotatable bonds is 2. The van der Waals surface area contributed by atoms with Crippen LogP contribution in [0.3, 0.4) is 0 Å². The van der Waals surface area contributed by atoms with Crippen molar-refractivity contribution < 1.29 is 14.3 Å². The van der Waals surface area contributed by atoms with Crippen LogP contribution < -0.4 is 0 Å². The van der Waals surface area contributed by atoms with Crippen molar-refractivity contribution in [3.05, 3.63) is 35.5 Å². The van der Waals surface area contributed by atoms with Gasteiger partial charge in [-0.3, -0.25) is 4.79 Å². The molecule has 0 unspecified atom stereocenters. The van der Waals surface area contributed by atoms with Crippen LogP contribution in [0.2, 0.25) is 0 Å². The summed E-state index contributed by atoms with van der Waals surface area (Å²) in [6, 6.07) is 5.94. The van der Waals surface area contributed by atoms with E-state index < -0.39 is 11.8 Å². The molecular weight excluding hydrogens is 242 g/mol. The van der Waals surface area contributed by atoms with Crippen LogP contribution in [-0.2, 0) is 22.5 Å². The van der Waals surface area contributed by atoms with Gasteiger partial charge in [-0.2, -0.15) is 0 Å². The molecule has 0 saturated carbocycles. The number of carbonyl (C=O) groups is 2. The summed E-state index contributed by atoms with van der Waals surface area (Å²) in [5, 5.41) is 0.856. The van der Waals surface area contributed by atoms with Gasteiger partial charge >= 0.3 is 5.97 Å². The zero-order valence-electron chi connectivity index (χ0n) is 10.8. The molecule has 0 fully saturated rings. The maximum atomic E-state index is 12.0. The number of benzene rings is 1. The Balaban J connectivity index is 2.23. The van der Waals surface area contributed by atoms with Gasteiger partial charge in [-0.25, -0.2) is 4.79 Å². The number of hydrogen-bond donors (Lipinski definition) is 0. The van der Waals surface area contributed by atoms with Crippen LogP contribution >= 0.6 is 0 Å². The monoisotopic (exact) mass is 257 g/mol. The molecule has 2 heterocycles. The summed E-state index contributed by atoms with van der Waals surface area (Å²) in [5.74, 6) is -1.37. The molecule has 0 bridgehead atoms. The van der Waals surface area contributed by atoms with Crippen molar-refractivity contribution in [2.75, 3.05) is 7.11 Å². The number of carbonyl (C=O) groups excluding carboxylic acids is 2. The van der Waals surface area contributed by atoms with Gasteiger partial charge in [0.05, 0.1) is 18.2 Å². The molecular formula is C15H15NO3. The molecule has 1 aromatic carbocycles. The van der Waals surface area contributed by atoms with Gasteiger partial charge in [0.15, 0.2) is 0 Å². The van der Waals surface area contributed by atoms with E-state index >= 15 is 0 Å². The van der Waals surface area contributed by atoms with Gasteiger partial charge in [-0.1, -0.05) is 18.2 Å². The Hall–Kier alpha value is -2.10. The molecule has 0 N–H and O–H groups in total. The van der Waals surface area contributed by atoms with Crippen molar-refractivity contribution in [2.24, 2.45) is 0 Å². The first-order chi connectivity index (χ1) is 9.22. The van der Waals surface area contributed by atoms with Crippen molar-refractivity contribution in [3.63, 3.8) is 0 Å². The van der Waals surface area contributed by atoms with Crippen molar-refractivity contribution in [1.82, 2.24) is 4.57 Å². The van der Waals surface area contributed by atoms with Crippen LogP contribution in [-0.4, -0.2) is 23.4 Å². The van der Waals surface area contributed by atoms with E-state index in [4.69, 9.17) is 0 Å². The van der Waals surface area contributed by atoms with Crippen LogP contribution in [0, 0.1) is 0 Å². The van der Waals surface area contributed by atoms with E-state index in [-0.39, 0.29) is 0 Å². The van der Waals surface area contributed by atoms with Gasteiger partial charge < -0.3 is 9.30 Å². The molecule has 0 saturated heterocycles. The third-order valence-electron chi connectivity index (χ3n) is 3.69. The van der Waals surface area contributed by atoms with E-state index in [0.29, 0.717) is 5.56 Å². The molecule has 4 heteroatoms. The summed E-state index contributed by atoms with van der Waals surface area (Å²) in [7, 11) is 1.23. The lowest BCUT2D eigenvalue weighted by atomic mass is 10.0. The smallest absolute Gasteiger partial charge is 0.379 e. The topological polar surface area (TPSA) is 48.3 Å². The molecule has 1 aromatic heterocycles. The fraction of sp³-hybridized carbons (Fsp3) is 0.333. The van der Waals surface area contributed by atoms with Gasteiger partial charge in [0.1, 0.15) is 0 Å². The maximum absolute atomic E-state index is 12.0. The summed E-state index contributed by atoms with van der Waals surface area (Å²) < 4.78 is 6.62. The van der Waals surface area contributed by atoms with E-state index in [1.54, 1.807) is 6.20 Å². The first kappa shape index (κ1) is 12.0. The molecule has 0 atom stereocenters. The van der Waals surface area contributed by atoms with Gasteiger partial charge in [-0.15, -0.1) is 0 Å². The standard InChI is InChI=1S/C15H15NO3/c1-19-15(18)14(17)12-9-16-8-3-2-5-10-6-4-7-11(12)13(10)16/h4,6-7,9H,2-3,5,8H2,1H3. The number of ether oxygens (including phenoxy) is 1. The van der Waals surface area contributed by atoms with E-state index in [2.05, 4.69) is 15.4 Å². The van der Waals surface area contributed by atoms with Gasteiger partial charge in [0.25, 0.3) is 5.78 Å². The highest BCUT2D eigenvalue weighted by molar-refractivity contribution is 6.43. The Morgan fingerprint density at radius 1 is 1.26 bits per heavy atom. The van der Waals surface area contributed by atoms with Crippen LogP contribution in [0.4, 0.5) is 0 Å². The van der Waals surface area contributed by atoms with Crippen LogP contribution in [0.15, 0.2) is 24.4 Å². The second-order valence-electron chi connectivity index (χ2n) is 4.83. The third-order valence-corrected chi connectivity index (χ3v) is 3.69. The molecule has 0 amide bonds. The van der Waals surface area contributed by atoms with E-state index in [1.807, 2.05) is 12.1 Å². The number of aryl methyl sites for hydroxylation is 2. The molecule has 19 heavy (non-hydrogen) atoms. The minimum Gasteiger partial charge on any atom is -0.463 e. The van der Waals surface area contributed by atoms with E-state index in [9.17, 15) is 9.59 Å². The number of Topliss-reactive ketones (excluding diaryl/α,β-unsaturated/α-hetero) is 1. The van der Waals surface area contributed by atoms with Gasteiger partial charge in [-0.05, 0) is 24.8 Å². The van der Waals surface area contributed by atoms with Crippen molar-refractivity contribution in [1.29, 1.82) is 0 Å². The lowest BCUT2D eigenvalue weighted by Gasteiger charge is -2.02. The molecule has 4 nitrogen and oxygen atoms in total. The summed E-state index contributed by atoms with van der Waals surface area (Å²) in [6.45, 7) is 0.891. The Bertz CT molecular complexity index is 669. The Morgan fingerprint density at radius 3 is 2.89 bits per heavy atom. The van der Waals surface area contributed by atoms with Gasteiger partial charge in [0, 0.05) is 18.1 Å². The maximum Gasteiger partial charge on any atom is 0.379 e. The summed E-state index contributed by atoms with van der Waals surface area (Å²) in [6.07, 6.45) is 5.05. The quantitative estimate of drug-likeness (QED) is 0.471. The minimum atomic E-state index is -0.804. The molecule has 0 spiro atoms. The fourth-order valence-corrected chi connectivity index (χ4v) is 2.80. The van der Waals surface area contributed by atoms with Crippen molar-refractivity contribution in [2.45, 2.75) is 25.8 Å². The second kappa shape index (κ2) is 4.53. The largest absolute Gasteiger partial charge is 0.463 e. The summed E-state index contributed by atoms with van der Waals surface area (Å²) in [5.41, 5.74) is 2.79. The van der Waals surface area contributed by atoms with Crippen molar-refractivity contribution >= 4 is 22.7 Å². The Kier molecular flexibility index (Phi) is 2.85. The number of hydrogen-bond acceptors (Lipinski definition) is 3. The number of para-hydroxylation sites is 1. The molecule has 1 aliphatic heterocycles. The highest BCUT2D eigenvalue weighted by atomic mass is 16.5. The summed E-state index contributed by atoms with van der Waals surface area (Å²) >= 11 is 0. The number of esters is 1. The predicted octanol–water partition coefficient (Wildman–Crippen LogP) is 2.33. The first-order valence-corrected chi connectivity index (χ1v) is 6.45. The normalized spacial score (nSPS) is 14.2. The molecule has 1 aliphatic rings. The zero-order chi connectivity index (χ0) is 13.4. The molecule has 98 valence electrons. The molecule has 0 radical (unpaired) electrons. The highest BCUT2D eigenvalue weighted by Crippen LogP contribution is 2.29. The van der Waals surface area contributed by atoms with E-state index in [0.717, 1.165) is 36.7 Å². The SMILES string of the molecule is COC(=O)C(=O)c1cn2c3c(cccc13)CCCC2. The van der Waals surface area contributed by atoms with Crippen LogP contribution in [0.25, 0.3) is 10.9 Å². The number of ketones is 1. The highest BCUT2D eigenvalue weighted by Gasteiger charge is 2.23. The lowest BCUT2D eigenvalue weighted by Crippen LogP contribution is -2.15. The number of aromatic nitrogens is 1. The summed E-state index contributed by atoms with van der Waals surface area (Å²) in [4.78, 5) is 23.5. The van der Waals surface area contributed by atoms with E-state index in [1.165, 1.54) is 12.7 Å². The van der Waals surface area contributed by atoms with Crippen molar-refractivity contribution in [3.8, 4) is 0 Å². The predicted molar refractivity (Wildman–Crippen MR) is 71.2 cm³/mol. The lowest BCUT2D eigenvalue weighted by molar-refractivity contribution is -0.135. The third kappa shape index (κ3) is 1.84. The number of nitrogens with zero attached hydrogens (tertiary/aromatic N) is 1. The average Bonchev–Trinajstić information content (AvgIpc) is 2.68. The Morgan fingerprint density at radius 2 is 2.11 bits per heavy atom. The molecule has 2 aromatic rings. The van der Waals surface area contributed by atoms with Crippen LogP contribution in [0.1, 0.15) is 28.8 Å². The van der Waals surface area contributed by atoms with Crippen LogP contribution in [0.5, 0.6) is 0 Å². The average molecular weight is 257 g/mol. The fourth-order valence-electron chi connectivity index (χ4n) is 2.80. The zero-order valence-corrected chi connectivity index (χ0v) is 10.8. The second-order valence-corrected chi connectivity index (χ2v) is 4.83. The molecule has 3 rings (SSSR count). The first-order valence-electron chi connectivity index (χ1n) is 6.45. The number of methoxy groups -OCH3 is 1. The Labute approximate surface area is 111 Å².